The number of aromatic nitrogens is 2. The van der Waals surface area contributed by atoms with Gasteiger partial charge in [0.15, 0.2) is 0 Å². The molecule has 3 rings (SSSR count). The van der Waals surface area contributed by atoms with Crippen molar-refractivity contribution in [1.82, 2.24) is 9.97 Å². The molecule has 0 aliphatic carbocycles. The Bertz CT molecular complexity index is 853. The van der Waals surface area contributed by atoms with Crippen LogP contribution in [0.15, 0.2) is 64.5 Å². The van der Waals surface area contributed by atoms with Gasteiger partial charge in [0.2, 0.25) is 5.95 Å². The normalized spacial score (nSPS) is 11.6. The summed E-state index contributed by atoms with van der Waals surface area (Å²) >= 11 is 0. The van der Waals surface area contributed by atoms with Crippen molar-refractivity contribution in [2.45, 2.75) is 6.92 Å². The minimum Gasteiger partial charge on any atom is -0.291 e. The fourth-order valence-corrected chi connectivity index (χ4v) is 2.02. The van der Waals surface area contributed by atoms with E-state index in [0.29, 0.717) is 16.9 Å². The van der Waals surface area contributed by atoms with Crippen molar-refractivity contribution in [1.29, 1.82) is 0 Å². The number of aromatic amines is 1. The lowest BCUT2D eigenvalue weighted by Crippen LogP contribution is -2.11. The summed E-state index contributed by atoms with van der Waals surface area (Å²) in [6, 6.07) is 17.0. The van der Waals surface area contributed by atoms with E-state index in [9.17, 15) is 4.79 Å². The zero-order valence-electron chi connectivity index (χ0n) is 11.5. The van der Waals surface area contributed by atoms with E-state index >= 15 is 0 Å². The summed E-state index contributed by atoms with van der Waals surface area (Å²) in [5.41, 5.74) is 5.07. The van der Waals surface area contributed by atoms with Crippen molar-refractivity contribution in [2.24, 2.45) is 5.10 Å². The molecule has 2 aromatic carbocycles. The average molecular weight is 278 g/mol. The van der Waals surface area contributed by atoms with Crippen LogP contribution >= 0.6 is 0 Å². The fraction of sp³-hybridized carbons (Fsp3) is 0.0625. The van der Waals surface area contributed by atoms with Gasteiger partial charge in [-0.1, -0.05) is 42.5 Å². The van der Waals surface area contributed by atoms with E-state index in [0.717, 1.165) is 11.3 Å². The number of benzene rings is 2. The van der Waals surface area contributed by atoms with Crippen LogP contribution in [-0.2, 0) is 0 Å². The monoisotopic (exact) mass is 278 g/mol. The molecule has 21 heavy (non-hydrogen) atoms. The summed E-state index contributed by atoms with van der Waals surface area (Å²) < 4.78 is 0. The molecule has 0 saturated carbocycles. The summed E-state index contributed by atoms with van der Waals surface area (Å²) in [6.07, 6.45) is 0. The highest BCUT2D eigenvalue weighted by molar-refractivity contribution is 5.98. The molecule has 0 unspecified atom stereocenters. The number of nitrogens with zero attached hydrogens (tertiary/aromatic N) is 2. The van der Waals surface area contributed by atoms with Crippen molar-refractivity contribution in [3.8, 4) is 0 Å². The third-order valence-electron chi connectivity index (χ3n) is 3.13. The Morgan fingerprint density at radius 3 is 2.62 bits per heavy atom. The summed E-state index contributed by atoms with van der Waals surface area (Å²) in [5.74, 6) is 0.328. The fourth-order valence-electron chi connectivity index (χ4n) is 2.02. The predicted octanol–water partition coefficient (Wildman–Crippen LogP) is 2.76. The molecule has 0 fully saturated rings. The second kappa shape index (κ2) is 5.58. The summed E-state index contributed by atoms with van der Waals surface area (Å²) in [5, 5.41) is 4.81. The van der Waals surface area contributed by atoms with Crippen LogP contribution in [0.2, 0.25) is 0 Å². The number of hydrogen-bond donors (Lipinski definition) is 2. The van der Waals surface area contributed by atoms with Gasteiger partial charge in [-0.05, 0) is 24.6 Å². The number of para-hydroxylation sites is 1. The van der Waals surface area contributed by atoms with Gasteiger partial charge in [-0.3, -0.25) is 9.78 Å². The van der Waals surface area contributed by atoms with Crippen LogP contribution in [0.3, 0.4) is 0 Å². The molecule has 5 nitrogen and oxygen atoms in total. The summed E-state index contributed by atoms with van der Waals surface area (Å²) in [6.45, 7) is 1.89. The van der Waals surface area contributed by atoms with Crippen molar-refractivity contribution >= 4 is 22.6 Å². The highest BCUT2D eigenvalue weighted by atomic mass is 16.1. The van der Waals surface area contributed by atoms with Gasteiger partial charge in [-0.15, -0.1) is 0 Å². The van der Waals surface area contributed by atoms with Crippen molar-refractivity contribution in [2.75, 3.05) is 5.43 Å². The quantitative estimate of drug-likeness (QED) is 0.571. The van der Waals surface area contributed by atoms with E-state index in [1.54, 1.807) is 12.1 Å². The zero-order valence-corrected chi connectivity index (χ0v) is 11.5. The van der Waals surface area contributed by atoms with Crippen molar-refractivity contribution < 1.29 is 0 Å². The number of hydrazone groups is 1. The molecule has 0 amide bonds. The SMILES string of the molecule is C/C(=N/Nc1nc2ccccc2c(=O)[nH]1)c1ccccc1. The number of rotatable bonds is 3. The van der Waals surface area contributed by atoms with Crippen LogP contribution in [0.25, 0.3) is 10.9 Å². The van der Waals surface area contributed by atoms with Crippen LogP contribution < -0.4 is 11.0 Å². The molecule has 0 aliphatic rings. The number of anilines is 1. The first-order chi connectivity index (χ1) is 10.2. The topological polar surface area (TPSA) is 70.1 Å². The van der Waals surface area contributed by atoms with E-state index in [1.165, 1.54) is 0 Å². The number of nitrogens with one attached hydrogen (secondary N) is 2. The minimum absolute atomic E-state index is 0.185. The Morgan fingerprint density at radius 2 is 1.81 bits per heavy atom. The molecule has 0 atom stereocenters. The third kappa shape index (κ3) is 2.81. The van der Waals surface area contributed by atoms with E-state index in [-0.39, 0.29) is 5.56 Å². The van der Waals surface area contributed by atoms with Crippen LogP contribution in [0.1, 0.15) is 12.5 Å². The molecule has 2 N–H and O–H groups in total. The van der Waals surface area contributed by atoms with Gasteiger partial charge < -0.3 is 0 Å². The molecule has 5 heteroatoms. The number of H-pyrrole nitrogens is 1. The first kappa shape index (κ1) is 13.1. The van der Waals surface area contributed by atoms with E-state index in [1.807, 2.05) is 49.4 Å². The Labute approximate surface area is 121 Å². The second-order valence-electron chi connectivity index (χ2n) is 4.61. The molecule has 0 radical (unpaired) electrons. The first-order valence-corrected chi connectivity index (χ1v) is 6.59. The van der Waals surface area contributed by atoms with Gasteiger partial charge in [0.1, 0.15) is 0 Å². The molecule has 0 spiro atoms. The molecule has 0 saturated heterocycles. The Morgan fingerprint density at radius 1 is 1.10 bits per heavy atom. The lowest BCUT2D eigenvalue weighted by Gasteiger charge is -2.04. The summed E-state index contributed by atoms with van der Waals surface area (Å²) in [7, 11) is 0. The highest BCUT2D eigenvalue weighted by Crippen LogP contribution is 2.08. The molecule has 1 heterocycles. The van der Waals surface area contributed by atoms with Gasteiger partial charge in [0.05, 0.1) is 16.6 Å². The second-order valence-corrected chi connectivity index (χ2v) is 4.61. The average Bonchev–Trinajstić information content (AvgIpc) is 2.53. The van der Waals surface area contributed by atoms with Gasteiger partial charge in [0.25, 0.3) is 5.56 Å². The molecule has 104 valence electrons. The zero-order chi connectivity index (χ0) is 14.7. The molecule has 0 aliphatic heterocycles. The Hall–Kier alpha value is -2.95. The van der Waals surface area contributed by atoms with Crippen LogP contribution in [0.4, 0.5) is 5.95 Å². The lowest BCUT2D eigenvalue weighted by atomic mass is 10.1. The predicted molar refractivity (Wildman–Crippen MR) is 84.6 cm³/mol. The van der Waals surface area contributed by atoms with E-state index in [4.69, 9.17) is 0 Å². The molecule has 1 aromatic heterocycles. The maximum Gasteiger partial charge on any atom is 0.260 e. The van der Waals surface area contributed by atoms with Crippen molar-refractivity contribution in [3.63, 3.8) is 0 Å². The maximum absolute atomic E-state index is 11.9. The Balaban J connectivity index is 1.90. The van der Waals surface area contributed by atoms with Crippen molar-refractivity contribution in [3.05, 3.63) is 70.5 Å². The number of fused-ring (bicyclic) bond motifs is 1. The van der Waals surface area contributed by atoms with Crippen LogP contribution in [0.5, 0.6) is 0 Å². The third-order valence-corrected chi connectivity index (χ3v) is 3.13. The first-order valence-electron chi connectivity index (χ1n) is 6.59. The van der Waals surface area contributed by atoms with Gasteiger partial charge in [-0.2, -0.15) is 5.10 Å². The molecule has 0 bridgehead atoms. The van der Waals surface area contributed by atoms with Gasteiger partial charge >= 0.3 is 0 Å². The van der Waals surface area contributed by atoms with Gasteiger partial charge in [0, 0.05) is 0 Å². The largest absolute Gasteiger partial charge is 0.291 e. The maximum atomic E-state index is 11.9. The lowest BCUT2D eigenvalue weighted by molar-refractivity contribution is 1.12. The minimum atomic E-state index is -0.185. The van der Waals surface area contributed by atoms with Crippen LogP contribution in [-0.4, -0.2) is 15.7 Å². The number of hydrogen-bond acceptors (Lipinski definition) is 4. The van der Waals surface area contributed by atoms with Gasteiger partial charge in [-0.25, -0.2) is 10.4 Å². The van der Waals surface area contributed by atoms with E-state index in [2.05, 4.69) is 20.5 Å². The highest BCUT2D eigenvalue weighted by Gasteiger charge is 2.02. The van der Waals surface area contributed by atoms with E-state index < -0.39 is 0 Å². The van der Waals surface area contributed by atoms with Crippen LogP contribution in [0, 0.1) is 0 Å². The smallest absolute Gasteiger partial charge is 0.260 e. The Kier molecular flexibility index (Phi) is 3.47. The summed E-state index contributed by atoms with van der Waals surface area (Å²) in [4.78, 5) is 18.9. The standard InChI is InChI=1S/C16H14N4O/c1-11(12-7-3-2-4-8-12)19-20-16-17-14-10-6-5-9-13(14)15(21)18-16/h2-10H,1H3,(H2,17,18,20,21)/b19-11-. The molecule has 3 aromatic rings. The molecular weight excluding hydrogens is 264 g/mol. The molecular formula is C16H14N4O.